The lowest BCUT2D eigenvalue weighted by atomic mass is 9.80. The highest BCUT2D eigenvalue weighted by Crippen LogP contribution is 2.43. The van der Waals surface area contributed by atoms with E-state index in [0.717, 1.165) is 25.9 Å². The number of nitrogens with zero attached hydrogens (tertiary/aromatic N) is 1. The highest BCUT2D eigenvalue weighted by molar-refractivity contribution is 6.77. The van der Waals surface area contributed by atoms with Crippen molar-refractivity contribution in [2.24, 2.45) is 5.92 Å². The number of benzene rings is 1. The molecule has 0 aliphatic heterocycles. The lowest BCUT2D eigenvalue weighted by molar-refractivity contribution is -0.384. The van der Waals surface area contributed by atoms with Crippen molar-refractivity contribution in [3.8, 4) is 0 Å². The second-order valence-electron chi connectivity index (χ2n) is 9.12. The van der Waals surface area contributed by atoms with Gasteiger partial charge in [-0.1, -0.05) is 41.5 Å². The van der Waals surface area contributed by atoms with E-state index in [2.05, 4.69) is 41.5 Å². The molecule has 0 radical (unpaired) electrons. The minimum absolute atomic E-state index is 0.0333. The van der Waals surface area contributed by atoms with Gasteiger partial charge in [-0.05, 0) is 53.9 Å². The van der Waals surface area contributed by atoms with Crippen LogP contribution in [0.3, 0.4) is 0 Å². The molecule has 162 valence electrons. The van der Waals surface area contributed by atoms with Gasteiger partial charge in [0.15, 0.2) is 8.32 Å². The average Bonchev–Trinajstić information content (AvgIpc) is 2.61. The molecule has 1 aromatic rings. The van der Waals surface area contributed by atoms with Crippen LogP contribution in [0.15, 0.2) is 24.3 Å². The Hall–Kier alpha value is -1.73. The standard InChI is InChI=1S/C22H35NO5Si/c1-15(2)29(16(3)4,17(5)6)27-12-11-18-13-21(14-18)28-22(24)19-7-9-20(10-8-19)23(25)26/h7-10,15-18,21H,11-14H2,1-6H3/t18-,21-. The van der Waals surface area contributed by atoms with Crippen LogP contribution in [0.2, 0.25) is 16.6 Å². The normalized spacial score (nSPS) is 19.5. The molecular formula is C22H35NO5Si. The Kier molecular flexibility index (Phi) is 7.99. The molecule has 0 aromatic heterocycles. The van der Waals surface area contributed by atoms with Gasteiger partial charge in [-0.25, -0.2) is 4.79 Å². The molecule has 0 unspecified atom stereocenters. The number of hydrogen-bond donors (Lipinski definition) is 0. The Balaban J connectivity index is 1.77. The molecule has 29 heavy (non-hydrogen) atoms. The summed E-state index contributed by atoms with van der Waals surface area (Å²) < 4.78 is 12.1. The summed E-state index contributed by atoms with van der Waals surface area (Å²) in [6, 6.07) is 5.54. The summed E-state index contributed by atoms with van der Waals surface area (Å²) in [4.78, 5) is 22.4. The molecule has 1 aliphatic rings. The van der Waals surface area contributed by atoms with Gasteiger partial charge in [-0.3, -0.25) is 10.1 Å². The van der Waals surface area contributed by atoms with E-state index in [1.807, 2.05) is 0 Å². The Labute approximate surface area is 175 Å². The number of carbonyl (C=O) groups excluding carboxylic acids is 1. The third-order valence-electron chi connectivity index (χ3n) is 6.37. The van der Waals surface area contributed by atoms with Crippen LogP contribution in [0.25, 0.3) is 0 Å². The number of nitro benzene ring substituents is 1. The number of hydrogen-bond acceptors (Lipinski definition) is 5. The van der Waals surface area contributed by atoms with Crippen molar-refractivity contribution in [1.82, 2.24) is 0 Å². The highest BCUT2D eigenvalue weighted by Gasteiger charge is 2.45. The van der Waals surface area contributed by atoms with E-state index in [1.165, 1.54) is 24.3 Å². The van der Waals surface area contributed by atoms with Crippen LogP contribution < -0.4 is 0 Å². The van der Waals surface area contributed by atoms with Gasteiger partial charge < -0.3 is 9.16 Å². The molecule has 2 rings (SSSR count). The molecule has 1 saturated carbocycles. The monoisotopic (exact) mass is 421 g/mol. The zero-order chi connectivity index (χ0) is 21.8. The van der Waals surface area contributed by atoms with Crippen LogP contribution in [0, 0.1) is 16.0 Å². The Morgan fingerprint density at radius 2 is 1.59 bits per heavy atom. The lowest BCUT2D eigenvalue weighted by Crippen LogP contribution is -2.48. The predicted molar refractivity (Wildman–Crippen MR) is 117 cm³/mol. The molecule has 1 aromatic carbocycles. The fourth-order valence-electron chi connectivity index (χ4n) is 4.85. The molecule has 0 amide bonds. The summed E-state index contributed by atoms with van der Waals surface area (Å²) in [5.41, 5.74) is 2.07. The van der Waals surface area contributed by atoms with Crippen LogP contribution in [-0.2, 0) is 9.16 Å². The second-order valence-corrected chi connectivity index (χ2v) is 14.6. The first-order valence-electron chi connectivity index (χ1n) is 10.7. The van der Waals surface area contributed by atoms with Crippen LogP contribution in [0.4, 0.5) is 5.69 Å². The Bertz CT molecular complexity index is 674. The quantitative estimate of drug-likeness (QED) is 0.197. The summed E-state index contributed by atoms with van der Waals surface area (Å²) in [5.74, 6) is 0.119. The number of nitro groups is 1. The van der Waals surface area contributed by atoms with Gasteiger partial charge in [0.05, 0.1) is 10.5 Å². The van der Waals surface area contributed by atoms with Gasteiger partial charge >= 0.3 is 5.97 Å². The van der Waals surface area contributed by atoms with Gasteiger partial charge in [0.2, 0.25) is 0 Å². The molecule has 0 heterocycles. The van der Waals surface area contributed by atoms with Crippen LogP contribution in [-0.4, -0.2) is 31.9 Å². The van der Waals surface area contributed by atoms with Gasteiger partial charge in [0.1, 0.15) is 6.10 Å². The Morgan fingerprint density at radius 1 is 1.07 bits per heavy atom. The van der Waals surface area contributed by atoms with E-state index in [-0.39, 0.29) is 11.8 Å². The minimum atomic E-state index is -1.82. The number of non-ortho nitro benzene ring substituents is 1. The summed E-state index contributed by atoms with van der Waals surface area (Å²) in [6.07, 6.45) is 2.67. The topological polar surface area (TPSA) is 78.7 Å². The molecule has 1 aliphatic carbocycles. The SMILES string of the molecule is CC(C)[Si](OCC[C@H]1C[C@H](OC(=O)c2ccc([N+](=O)[O-])cc2)C1)(C(C)C)C(C)C. The van der Waals surface area contributed by atoms with Crippen LogP contribution in [0.5, 0.6) is 0 Å². The van der Waals surface area contributed by atoms with E-state index >= 15 is 0 Å². The fraction of sp³-hybridized carbons (Fsp3) is 0.682. The lowest BCUT2D eigenvalue weighted by Gasteiger charge is -2.43. The molecule has 0 atom stereocenters. The van der Waals surface area contributed by atoms with Crippen LogP contribution in [0.1, 0.15) is 71.2 Å². The average molecular weight is 422 g/mol. The number of carbonyl (C=O) groups is 1. The third-order valence-corrected chi connectivity index (χ3v) is 12.5. The van der Waals surface area contributed by atoms with Crippen molar-refractivity contribution < 1.29 is 18.9 Å². The smallest absolute Gasteiger partial charge is 0.338 e. The zero-order valence-corrected chi connectivity index (χ0v) is 19.5. The molecular weight excluding hydrogens is 386 g/mol. The fourth-order valence-corrected chi connectivity index (χ4v) is 10.3. The van der Waals surface area contributed by atoms with Crippen molar-refractivity contribution in [2.45, 2.75) is 83.5 Å². The van der Waals surface area contributed by atoms with E-state index in [0.29, 0.717) is 28.1 Å². The van der Waals surface area contributed by atoms with E-state index in [4.69, 9.17) is 9.16 Å². The molecule has 0 bridgehead atoms. The predicted octanol–water partition coefficient (Wildman–Crippen LogP) is 6.11. The number of ether oxygens (including phenoxy) is 1. The third kappa shape index (κ3) is 5.45. The minimum Gasteiger partial charge on any atom is -0.459 e. The molecule has 1 fully saturated rings. The van der Waals surface area contributed by atoms with Crippen molar-refractivity contribution in [1.29, 1.82) is 0 Å². The van der Waals surface area contributed by atoms with Crippen LogP contribution >= 0.6 is 0 Å². The first-order chi connectivity index (χ1) is 13.6. The maximum Gasteiger partial charge on any atom is 0.338 e. The second kappa shape index (κ2) is 9.85. The number of rotatable bonds is 10. The molecule has 7 heteroatoms. The summed E-state index contributed by atoms with van der Waals surface area (Å²) in [7, 11) is -1.82. The van der Waals surface area contributed by atoms with Gasteiger partial charge in [0, 0.05) is 18.7 Å². The van der Waals surface area contributed by atoms with E-state index < -0.39 is 19.2 Å². The van der Waals surface area contributed by atoms with Crippen molar-refractivity contribution in [3.05, 3.63) is 39.9 Å². The van der Waals surface area contributed by atoms with Gasteiger partial charge in [-0.15, -0.1) is 0 Å². The van der Waals surface area contributed by atoms with Gasteiger partial charge in [0.25, 0.3) is 5.69 Å². The molecule has 0 saturated heterocycles. The summed E-state index contributed by atoms with van der Waals surface area (Å²) in [6.45, 7) is 14.6. The van der Waals surface area contributed by atoms with Crippen molar-refractivity contribution >= 4 is 20.0 Å². The molecule has 0 N–H and O–H groups in total. The first-order valence-corrected chi connectivity index (χ1v) is 12.8. The maximum absolute atomic E-state index is 12.2. The zero-order valence-electron chi connectivity index (χ0n) is 18.5. The Morgan fingerprint density at radius 3 is 2.03 bits per heavy atom. The summed E-state index contributed by atoms with van der Waals surface area (Å²) in [5, 5.41) is 10.7. The summed E-state index contributed by atoms with van der Waals surface area (Å²) >= 11 is 0. The molecule has 6 nitrogen and oxygen atoms in total. The highest BCUT2D eigenvalue weighted by atomic mass is 28.4. The van der Waals surface area contributed by atoms with Crippen molar-refractivity contribution in [3.63, 3.8) is 0 Å². The number of esters is 1. The largest absolute Gasteiger partial charge is 0.459 e. The first kappa shape index (κ1) is 23.5. The maximum atomic E-state index is 12.2. The van der Waals surface area contributed by atoms with E-state index in [9.17, 15) is 14.9 Å². The van der Waals surface area contributed by atoms with E-state index in [1.54, 1.807) is 0 Å². The van der Waals surface area contributed by atoms with Gasteiger partial charge in [-0.2, -0.15) is 0 Å². The van der Waals surface area contributed by atoms with Crippen molar-refractivity contribution in [2.75, 3.05) is 6.61 Å². The molecule has 0 spiro atoms.